The first-order chi connectivity index (χ1) is 9.20. The molecule has 0 amide bonds. The van der Waals surface area contributed by atoms with Crippen LogP contribution in [0.15, 0.2) is 42.7 Å². The van der Waals surface area contributed by atoms with Gasteiger partial charge in [-0.05, 0) is 36.1 Å². The molecule has 1 heterocycles. The van der Waals surface area contributed by atoms with Gasteiger partial charge in [-0.3, -0.25) is 4.98 Å². The Morgan fingerprint density at radius 2 is 1.95 bits per heavy atom. The molecule has 2 aromatic rings. The van der Waals surface area contributed by atoms with Crippen molar-refractivity contribution >= 4 is 11.6 Å². The van der Waals surface area contributed by atoms with Gasteiger partial charge in [0.05, 0.1) is 12.1 Å². The van der Waals surface area contributed by atoms with Gasteiger partial charge in [0.2, 0.25) is 0 Å². The number of pyridine rings is 1. The molecule has 3 nitrogen and oxygen atoms in total. The van der Waals surface area contributed by atoms with Crippen LogP contribution >= 0.6 is 11.6 Å². The standard InChI is InChI=1S/C15H17ClN2O/c1-19-15-5-3-2-4-12(15)9-13(17)8-11-6-7-18-10-14(11)16/h2-7,10,13H,8-9,17H2,1H3. The lowest BCUT2D eigenvalue weighted by atomic mass is 10.00. The normalized spacial score (nSPS) is 12.2. The summed E-state index contributed by atoms with van der Waals surface area (Å²) >= 11 is 6.09. The van der Waals surface area contributed by atoms with Crippen molar-refractivity contribution in [1.29, 1.82) is 0 Å². The third-order valence-electron chi connectivity index (χ3n) is 3.01. The minimum absolute atomic E-state index is 0.00352. The molecule has 0 aliphatic rings. The molecule has 0 saturated carbocycles. The number of methoxy groups -OCH3 is 1. The number of aromatic nitrogens is 1. The van der Waals surface area contributed by atoms with E-state index in [1.807, 2.05) is 30.3 Å². The second kappa shape index (κ2) is 6.55. The van der Waals surface area contributed by atoms with E-state index in [1.54, 1.807) is 19.5 Å². The summed E-state index contributed by atoms with van der Waals surface area (Å²) in [6.45, 7) is 0. The molecule has 2 rings (SSSR count). The maximum atomic E-state index is 6.20. The number of rotatable bonds is 5. The Kier molecular flexibility index (Phi) is 4.77. The molecular formula is C15H17ClN2O. The Bertz CT molecular complexity index is 545. The topological polar surface area (TPSA) is 48.1 Å². The second-order valence-corrected chi connectivity index (χ2v) is 4.85. The number of ether oxygens (including phenoxy) is 1. The number of benzene rings is 1. The van der Waals surface area contributed by atoms with Crippen LogP contribution in [-0.4, -0.2) is 18.1 Å². The van der Waals surface area contributed by atoms with Gasteiger partial charge in [-0.2, -0.15) is 0 Å². The maximum absolute atomic E-state index is 6.20. The van der Waals surface area contributed by atoms with Crippen molar-refractivity contribution in [1.82, 2.24) is 4.98 Å². The third-order valence-corrected chi connectivity index (χ3v) is 3.35. The lowest BCUT2D eigenvalue weighted by molar-refractivity contribution is 0.408. The highest BCUT2D eigenvalue weighted by Gasteiger charge is 2.10. The van der Waals surface area contributed by atoms with E-state index in [4.69, 9.17) is 22.1 Å². The molecule has 0 saturated heterocycles. The van der Waals surface area contributed by atoms with Gasteiger partial charge < -0.3 is 10.5 Å². The van der Waals surface area contributed by atoms with E-state index in [0.717, 1.165) is 29.7 Å². The first-order valence-electron chi connectivity index (χ1n) is 6.16. The van der Waals surface area contributed by atoms with Gasteiger partial charge >= 0.3 is 0 Å². The predicted octanol–water partition coefficient (Wildman–Crippen LogP) is 2.86. The average Bonchev–Trinajstić information content (AvgIpc) is 2.42. The summed E-state index contributed by atoms with van der Waals surface area (Å²) in [6, 6.07) is 9.83. The van der Waals surface area contributed by atoms with Crippen molar-refractivity contribution < 1.29 is 4.74 Å². The molecule has 4 heteroatoms. The fraction of sp³-hybridized carbons (Fsp3) is 0.267. The number of hydrogen-bond donors (Lipinski definition) is 1. The van der Waals surface area contributed by atoms with E-state index < -0.39 is 0 Å². The van der Waals surface area contributed by atoms with Gasteiger partial charge in [0, 0.05) is 18.4 Å². The molecule has 0 fully saturated rings. The van der Waals surface area contributed by atoms with Crippen LogP contribution in [0, 0.1) is 0 Å². The SMILES string of the molecule is COc1ccccc1CC(N)Cc1ccncc1Cl. The zero-order valence-electron chi connectivity index (χ0n) is 10.8. The van der Waals surface area contributed by atoms with Crippen LogP contribution in [0.4, 0.5) is 0 Å². The summed E-state index contributed by atoms with van der Waals surface area (Å²) in [5, 5.41) is 0.665. The Morgan fingerprint density at radius 3 is 2.68 bits per heavy atom. The summed E-state index contributed by atoms with van der Waals surface area (Å²) < 4.78 is 5.33. The van der Waals surface area contributed by atoms with Crippen molar-refractivity contribution in [3.8, 4) is 5.75 Å². The number of hydrogen-bond acceptors (Lipinski definition) is 3. The number of nitrogens with zero attached hydrogens (tertiary/aromatic N) is 1. The van der Waals surface area contributed by atoms with Gasteiger partial charge in [-0.15, -0.1) is 0 Å². The van der Waals surface area contributed by atoms with Gasteiger partial charge in [0.25, 0.3) is 0 Å². The number of halogens is 1. The highest BCUT2D eigenvalue weighted by atomic mass is 35.5. The van der Waals surface area contributed by atoms with Crippen molar-refractivity contribution in [3.05, 3.63) is 58.9 Å². The summed E-state index contributed by atoms with van der Waals surface area (Å²) in [6.07, 6.45) is 4.85. The largest absolute Gasteiger partial charge is 0.496 e. The van der Waals surface area contributed by atoms with Crippen LogP contribution in [0.25, 0.3) is 0 Å². The summed E-state index contributed by atoms with van der Waals surface area (Å²) in [7, 11) is 1.67. The molecule has 19 heavy (non-hydrogen) atoms. The smallest absolute Gasteiger partial charge is 0.122 e. The van der Waals surface area contributed by atoms with E-state index in [0.29, 0.717) is 5.02 Å². The van der Waals surface area contributed by atoms with Crippen molar-refractivity contribution in [2.75, 3.05) is 7.11 Å². The Balaban J connectivity index is 2.05. The highest BCUT2D eigenvalue weighted by Crippen LogP contribution is 2.21. The quantitative estimate of drug-likeness (QED) is 0.913. The zero-order chi connectivity index (χ0) is 13.7. The van der Waals surface area contributed by atoms with Crippen molar-refractivity contribution in [3.63, 3.8) is 0 Å². The molecule has 1 atom stereocenters. The van der Waals surface area contributed by atoms with E-state index in [-0.39, 0.29) is 6.04 Å². The molecule has 2 N–H and O–H groups in total. The van der Waals surface area contributed by atoms with E-state index >= 15 is 0 Å². The minimum atomic E-state index is -0.00352. The van der Waals surface area contributed by atoms with Crippen molar-refractivity contribution in [2.45, 2.75) is 18.9 Å². The summed E-state index contributed by atoms with van der Waals surface area (Å²) in [5.74, 6) is 0.874. The molecule has 0 bridgehead atoms. The predicted molar refractivity (Wildman–Crippen MR) is 77.6 cm³/mol. The molecule has 0 aliphatic heterocycles. The van der Waals surface area contributed by atoms with Gasteiger partial charge in [-0.25, -0.2) is 0 Å². The molecule has 100 valence electrons. The van der Waals surface area contributed by atoms with Crippen LogP contribution < -0.4 is 10.5 Å². The number of para-hydroxylation sites is 1. The van der Waals surface area contributed by atoms with Crippen LogP contribution in [-0.2, 0) is 12.8 Å². The van der Waals surface area contributed by atoms with Crippen LogP contribution in [0.5, 0.6) is 5.75 Å². The van der Waals surface area contributed by atoms with E-state index in [1.165, 1.54) is 0 Å². The first kappa shape index (κ1) is 13.8. The summed E-state index contributed by atoms with van der Waals surface area (Å²) in [4.78, 5) is 3.97. The minimum Gasteiger partial charge on any atom is -0.496 e. The van der Waals surface area contributed by atoms with E-state index in [2.05, 4.69) is 4.98 Å². The fourth-order valence-electron chi connectivity index (χ4n) is 2.08. The molecule has 0 radical (unpaired) electrons. The molecule has 0 aliphatic carbocycles. The average molecular weight is 277 g/mol. The van der Waals surface area contributed by atoms with Gasteiger partial charge in [0.15, 0.2) is 0 Å². The second-order valence-electron chi connectivity index (χ2n) is 4.45. The monoisotopic (exact) mass is 276 g/mol. The third kappa shape index (κ3) is 3.69. The molecule has 1 aromatic carbocycles. The first-order valence-corrected chi connectivity index (χ1v) is 6.54. The van der Waals surface area contributed by atoms with E-state index in [9.17, 15) is 0 Å². The Hall–Kier alpha value is -1.58. The lowest BCUT2D eigenvalue weighted by Gasteiger charge is -2.14. The Labute approximate surface area is 118 Å². The maximum Gasteiger partial charge on any atom is 0.122 e. The van der Waals surface area contributed by atoms with Crippen LogP contribution in [0.1, 0.15) is 11.1 Å². The lowest BCUT2D eigenvalue weighted by Crippen LogP contribution is -2.25. The molecule has 1 unspecified atom stereocenters. The molecule has 1 aromatic heterocycles. The van der Waals surface area contributed by atoms with Gasteiger partial charge in [0.1, 0.15) is 5.75 Å². The number of nitrogens with two attached hydrogens (primary N) is 1. The fourth-order valence-corrected chi connectivity index (χ4v) is 2.27. The van der Waals surface area contributed by atoms with Crippen LogP contribution in [0.3, 0.4) is 0 Å². The highest BCUT2D eigenvalue weighted by molar-refractivity contribution is 6.31. The van der Waals surface area contributed by atoms with Gasteiger partial charge in [-0.1, -0.05) is 29.8 Å². The molecule has 0 spiro atoms. The molecular weight excluding hydrogens is 260 g/mol. The summed E-state index contributed by atoms with van der Waals surface area (Å²) in [5.41, 5.74) is 8.34. The van der Waals surface area contributed by atoms with Crippen LogP contribution in [0.2, 0.25) is 5.02 Å². The van der Waals surface area contributed by atoms with Crippen molar-refractivity contribution in [2.24, 2.45) is 5.73 Å². The zero-order valence-corrected chi connectivity index (χ0v) is 11.6. The Morgan fingerprint density at radius 1 is 1.21 bits per heavy atom.